The lowest BCUT2D eigenvalue weighted by molar-refractivity contribution is -0.131. The molecule has 1 aromatic carbocycles. The Kier molecular flexibility index (Phi) is 6.55. The highest BCUT2D eigenvalue weighted by Gasteiger charge is 2.32. The van der Waals surface area contributed by atoms with Crippen LogP contribution in [0.15, 0.2) is 30.3 Å². The molecule has 138 valence electrons. The summed E-state index contributed by atoms with van der Waals surface area (Å²) in [5.41, 5.74) is 4.22. The van der Waals surface area contributed by atoms with Crippen molar-refractivity contribution in [1.82, 2.24) is 10.6 Å². The zero-order valence-electron chi connectivity index (χ0n) is 15.4. The number of hydrogen-bond acceptors (Lipinski definition) is 4. The predicted molar refractivity (Wildman–Crippen MR) is 94.7 cm³/mol. The average molecular weight is 349 g/mol. The van der Waals surface area contributed by atoms with Crippen LogP contribution >= 0.6 is 0 Å². The number of nitrogens with two attached hydrogens (primary N) is 1. The SMILES string of the molecule is CC(C)(C)OC(=O)N[C@@H](Cc1ccccc1)C(=O)NC(C)(C)C(N)=O. The lowest BCUT2D eigenvalue weighted by Gasteiger charge is -2.27. The van der Waals surface area contributed by atoms with Gasteiger partial charge in [0.15, 0.2) is 0 Å². The number of alkyl carbamates (subject to hydrolysis) is 1. The fraction of sp³-hybridized carbons (Fsp3) is 0.500. The van der Waals surface area contributed by atoms with Gasteiger partial charge in [0.2, 0.25) is 11.8 Å². The lowest BCUT2D eigenvalue weighted by Crippen LogP contribution is -2.59. The van der Waals surface area contributed by atoms with Gasteiger partial charge in [-0.2, -0.15) is 0 Å². The van der Waals surface area contributed by atoms with Crippen molar-refractivity contribution in [2.24, 2.45) is 5.73 Å². The van der Waals surface area contributed by atoms with E-state index in [-0.39, 0.29) is 6.42 Å². The molecule has 3 amide bonds. The van der Waals surface area contributed by atoms with Crippen LogP contribution in [-0.2, 0) is 20.7 Å². The van der Waals surface area contributed by atoms with Gasteiger partial charge in [0, 0.05) is 6.42 Å². The van der Waals surface area contributed by atoms with Crippen molar-refractivity contribution in [2.45, 2.75) is 58.2 Å². The molecular formula is C18H27N3O4. The van der Waals surface area contributed by atoms with E-state index in [0.29, 0.717) is 0 Å². The van der Waals surface area contributed by atoms with Gasteiger partial charge >= 0.3 is 6.09 Å². The van der Waals surface area contributed by atoms with Crippen molar-refractivity contribution in [3.05, 3.63) is 35.9 Å². The van der Waals surface area contributed by atoms with E-state index in [0.717, 1.165) is 5.56 Å². The van der Waals surface area contributed by atoms with Crippen molar-refractivity contribution in [1.29, 1.82) is 0 Å². The number of ether oxygens (including phenoxy) is 1. The van der Waals surface area contributed by atoms with Crippen LogP contribution in [0, 0.1) is 0 Å². The van der Waals surface area contributed by atoms with E-state index >= 15 is 0 Å². The van der Waals surface area contributed by atoms with Crippen LogP contribution in [0.5, 0.6) is 0 Å². The highest BCUT2D eigenvalue weighted by molar-refractivity contribution is 5.93. The van der Waals surface area contributed by atoms with E-state index in [4.69, 9.17) is 10.5 Å². The zero-order valence-corrected chi connectivity index (χ0v) is 15.4. The minimum absolute atomic E-state index is 0.251. The van der Waals surface area contributed by atoms with E-state index in [1.807, 2.05) is 30.3 Å². The maximum Gasteiger partial charge on any atom is 0.408 e. The first-order valence-corrected chi connectivity index (χ1v) is 8.06. The second-order valence-corrected chi connectivity index (χ2v) is 7.37. The van der Waals surface area contributed by atoms with Gasteiger partial charge in [-0.05, 0) is 40.2 Å². The van der Waals surface area contributed by atoms with Gasteiger partial charge in [0.05, 0.1) is 0 Å². The monoisotopic (exact) mass is 349 g/mol. The molecule has 0 heterocycles. The number of carbonyl (C=O) groups is 3. The van der Waals surface area contributed by atoms with E-state index < -0.39 is 35.1 Å². The minimum Gasteiger partial charge on any atom is -0.444 e. The summed E-state index contributed by atoms with van der Waals surface area (Å²) in [7, 11) is 0. The third kappa shape index (κ3) is 7.24. The summed E-state index contributed by atoms with van der Waals surface area (Å²) in [4.78, 5) is 36.1. The highest BCUT2D eigenvalue weighted by atomic mass is 16.6. The third-order valence-electron chi connectivity index (χ3n) is 3.34. The van der Waals surface area contributed by atoms with Gasteiger partial charge in [-0.25, -0.2) is 4.79 Å². The zero-order chi connectivity index (χ0) is 19.3. The molecule has 0 bridgehead atoms. The normalized spacial score (nSPS) is 12.8. The summed E-state index contributed by atoms with van der Waals surface area (Å²) >= 11 is 0. The highest BCUT2D eigenvalue weighted by Crippen LogP contribution is 2.10. The van der Waals surface area contributed by atoms with Crippen molar-refractivity contribution >= 4 is 17.9 Å². The molecule has 0 aliphatic heterocycles. The Morgan fingerprint density at radius 3 is 2.12 bits per heavy atom. The molecule has 1 rings (SSSR count). The molecule has 0 saturated heterocycles. The number of amides is 3. The molecule has 1 aromatic rings. The van der Waals surface area contributed by atoms with Crippen LogP contribution in [0.2, 0.25) is 0 Å². The molecular weight excluding hydrogens is 322 g/mol. The number of hydrogen-bond donors (Lipinski definition) is 3. The second kappa shape index (κ2) is 8.00. The van der Waals surface area contributed by atoms with E-state index in [1.165, 1.54) is 13.8 Å². The topological polar surface area (TPSA) is 111 Å². The summed E-state index contributed by atoms with van der Waals surface area (Å²) in [5, 5.41) is 5.12. The molecule has 0 spiro atoms. The number of carbonyl (C=O) groups excluding carboxylic acids is 3. The number of rotatable bonds is 6. The predicted octanol–water partition coefficient (Wildman–Crippen LogP) is 1.50. The fourth-order valence-electron chi connectivity index (χ4n) is 1.97. The van der Waals surface area contributed by atoms with Crippen molar-refractivity contribution in [2.75, 3.05) is 0 Å². The molecule has 0 unspecified atom stereocenters. The Morgan fingerprint density at radius 2 is 1.64 bits per heavy atom. The standard InChI is InChI=1S/C18H27N3O4/c1-17(2,3)25-16(24)20-13(11-12-9-7-6-8-10-12)14(22)21-18(4,5)15(19)23/h6-10,13H,11H2,1-5H3,(H2,19,23)(H,20,24)(H,21,22)/t13-/m0/s1. The van der Waals surface area contributed by atoms with Gasteiger partial charge in [-0.15, -0.1) is 0 Å². The minimum atomic E-state index is -1.23. The Labute approximate surface area is 148 Å². The second-order valence-electron chi connectivity index (χ2n) is 7.37. The van der Waals surface area contributed by atoms with Crippen molar-refractivity contribution in [3.8, 4) is 0 Å². The van der Waals surface area contributed by atoms with Crippen LogP contribution in [0.3, 0.4) is 0 Å². The van der Waals surface area contributed by atoms with Crippen LogP contribution in [0.25, 0.3) is 0 Å². The van der Waals surface area contributed by atoms with Crippen LogP contribution < -0.4 is 16.4 Å². The largest absolute Gasteiger partial charge is 0.444 e. The first-order chi connectivity index (χ1) is 11.4. The third-order valence-corrected chi connectivity index (χ3v) is 3.34. The summed E-state index contributed by atoms with van der Waals surface area (Å²) in [6.45, 7) is 8.19. The summed E-state index contributed by atoms with van der Waals surface area (Å²) in [6.07, 6.45) is -0.457. The molecule has 0 saturated carbocycles. The molecule has 0 aliphatic rings. The molecule has 0 radical (unpaired) electrons. The van der Waals surface area contributed by atoms with Crippen molar-refractivity contribution in [3.63, 3.8) is 0 Å². The Hall–Kier alpha value is -2.57. The first kappa shape index (κ1) is 20.5. The maximum atomic E-state index is 12.6. The summed E-state index contributed by atoms with van der Waals surface area (Å²) < 4.78 is 5.21. The van der Waals surface area contributed by atoms with Gasteiger partial charge in [-0.1, -0.05) is 30.3 Å². The Bertz CT molecular complexity index is 621. The van der Waals surface area contributed by atoms with Crippen LogP contribution in [0.4, 0.5) is 4.79 Å². The van der Waals surface area contributed by atoms with Crippen molar-refractivity contribution < 1.29 is 19.1 Å². The van der Waals surface area contributed by atoms with Gasteiger partial charge in [0.1, 0.15) is 17.2 Å². The Morgan fingerprint density at radius 1 is 1.08 bits per heavy atom. The first-order valence-electron chi connectivity index (χ1n) is 8.06. The van der Waals surface area contributed by atoms with E-state index in [1.54, 1.807) is 20.8 Å². The summed E-state index contributed by atoms with van der Waals surface area (Å²) in [5.74, 6) is -1.19. The molecule has 7 nitrogen and oxygen atoms in total. The molecule has 7 heteroatoms. The molecule has 0 fully saturated rings. The molecule has 4 N–H and O–H groups in total. The molecule has 0 aliphatic carbocycles. The van der Waals surface area contributed by atoms with Crippen LogP contribution in [0.1, 0.15) is 40.2 Å². The smallest absolute Gasteiger partial charge is 0.408 e. The quantitative estimate of drug-likeness (QED) is 0.723. The Balaban J connectivity index is 2.92. The van der Waals surface area contributed by atoms with E-state index in [9.17, 15) is 14.4 Å². The van der Waals surface area contributed by atoms with Gasteiger partial charge < -0.3 is 21.1 Å². The number of nitrogens with one attached hydrogen (secondary N) is 2. The molecule has 1 atom stereocenters. The molecule has 25 heavy (non-hydrogen) atoms. The average Bonchev–Trinajstić information content (AvgIpc) is 2.45. The van der Waals surface area contributed by atoms with Gasteiger partial charge in [-0.3, -0.25) is 9.59 Å². The van der Waals surface area contributed by atoms with E-state index in [2.05, 4.69) is 10.6 Å². The lowest BCUT2D eigenvalue weighted by atomic mass is 10.0. The number of primary amides is 1. The maximum absolute atomic E-state index is 12.6. The fourth-order valence-corrected chi connectivity index (χ4v) is 1.97. The number of benzene rings is 1. The van der Waals surface area contributed by atoms with Gasteiger partial charge in [0.25, 0.3) is 0 Å². The van der Waals surface area contributed by atoms with Crippen LogP contribution in [-0.4, -0.2) is 35.1 Å². The summed E-state index contributed by atoms with van der Waals surface area (Å²) in [6, 6.07) is 8.31. The molecule has 0 aromatic heterocycles.